The SMILES string of the molecule is CC(C)(C)OC(=O)Nc1ccc(C(C)(C)C)cc1CN=C(c1ccccc1)c1ccccc1. The Morgan fingerprint density at radius 2 is 1.36 bits per heavy atom. The second-order valence-corrected chi connectivity index (χ2v) is 10.1. The Hall–Kier alpha value is -3.40. The minimum atomic E-state index is -0.568. The van der Waals surface area contributed by atoms with Crippen LogP contribution in [-0.2, 0) is 16.7 Å². The van der Waals surface area contributed by atoms with Crippen LogP contribution in [0, 0.1) is 0 Å². The Bertz CT molecular complexity index is 1060. The second-order valence-electron chi connectivity index (χ2n) is 10.1. The quantitative estimate of drug-likeness (QED) is 0.419. The van der Waals surface area contributed by atoms with Crippen molar-refractivity contribution in [3.63, 3.8) is 0 Å². The Balaban J connectivity index is 2.01. The molecule has 1 amide bonds. The van der Waals surface area contributed by atoms with Crippen LogP contribution in [-0.4, -0.2) is 17.4 Å². The fourth-order valence-corrected chi connectivity index (χ4v) is 3.43. The van der Waals surface area contributed by atoms with E-state index in [0.29, 0.717) is 12.2 Å². The van der Waals surface area contributed by atoms with Gasteiger partial charge < -0.3 is 4.74 Å². The predicted molar refractivity (Wildman–Crippen MR) is 137 cm³/mol. The standard InChI is InChI=1S/C29H34N2O2/c1-28(2,3)24-17-18-25(31-27(32)33-29(4,5)6)23(19-24)20-30-26(21-13-9-7-10-14-21)22-15-11-8-12-16-22/h7-19H,20H2,1-6H3,(H,31,32). The normalized spacial score (nSPS) is 11.6. The monoisotopic (exact) mass is 442 g/mol. The van der Waals surface area contributed by atoms with Gasteiger partial charge in [-0.3, -0.25) is 10.3 Å². The summed E-state index contributed by atoms with van der Waals surface area (Å²) in [5.74, 6) is 0. The summed E-state index contributed by atoms with van der Waals surface area (Å²) in [6.07, 6.45) is -0.470. The molecule has 0 atom stereocenters. The molecular weight excluding hydrogens is 408 g/mol. The molecule has 0 radical (unpaired) electrons. The number of hydrogen-bond donors (Lipinski definition) is 1. The molecule has 0 fully saturated rings. The van der Waals surface area contributed by atoms with Crippen molar-refractivity contribution in [1.29, 1.82) is 0 Å². The highest BCUT2D eigenvalue weighted by Gasteiger charge is 2.20. The summed E-state index contributed by atoms with van der Waals surface area (Å²) in [4.78, 5) is 17.5. The lowest BCUT2D eigenvalue weighted by Crippen LogP contribution is -2.27. The number of hydrogen-bond acceptors (Lipinski definition) is 3. The van der Waals surface area contributed by atoms with E-state index in [0.717, 1.165) is 22.4 Å². The van der Waals surface area contributed by atoms with Crippen LogP contribution in [0.2, 0.25) is 0 Å². The molecule has 0 bridgehead atoms. The summed E-state index contributed by atoms with van der Waals surface area (Å²) in [6.45, 7) is 12.5. The molecule has 172 valence electrons. The molecule has 0 saturated carbocycles. The molecule has 4 heteroatoms. The van der Waals surface area contributed by atoms with Gasteiger partial charge in [0, 0.05) is 16.8 Å². The van der Waals surface area contributed by atoms with Gasteiger partial charge in [0.25, 0.3) is 0 Å². The first-order chi connectivity index (χ1) is 15.5. The highest BCUT2D eigenvalue weighted by Crippen LogP contribution is 2.28. The van der Waals surface area contributed by atoms with Gasteiger partial charge in [-0.15, -0.1) is 0 Å². The van der Waals surface area contributed by atoms with Crippen LogP contribution in [0.15, 0.2) is 83.9 Å². The molecule has 0 aliphatic carbocycles. The van der Waals surface area contributed by atoms with Crippen LogP contribution >= 0.6 is 0 Å². The third-order valence-corrected chi connectivity index (χ3v) is 5.11. The van der Waals surface area contributed by atoms with E-state index in [4.69, 9.17) is 9.73 Å². The third-order valence-electron chi connectivity index (χ3n) is 5.11. The first-order valence-electron chi connectivity index (χ1n) is 11.3. The number of carbonyl (C=O) groups is 1. The number of anilines is 1. The van der Waals surface area contributed by atoms with Gasteiger partial charge in [0.2, 0.25) is 0 Å². The van der Waals surface area contributed by atoms with Gasteiger partial charge in [-0.1, -0.05) is 93.6 Å². The number of nitrogens with one attached hydrogen (secondary N) is 1. The molecule has 33 heavy (non-hydrogen) atoms. The van der Waals surface area contributed by atoms with E-state index in [9.17, 15) is 4.79 Å². The predicted octanol–water partition coefficient (Wildman–Crippen LogP) is 7.37. The summed E-state index contributed by atoms with van der Waals surface area (Å²) < 4.78 is 5.47. The number of aliphatic imine (C=N–C) groups is 1. The highest BCUT2D eigenvalue weighted by atomic mass is 16.6. The lowest BCUT2D eigenvalue weighted by atomic mass is 9.86. The van der Waals surface area contributed by atoms with Gasteiger partial charge in [-0.2, -0.15) is 0 Å². The van der Waals surface area contributed by atoms with Crippen molar-refractivity contribution in [3.8, 4) is 0 Å². The highest BCUT2D eigenvalue weighted by molar-refractivity contribution is 6.12. The molecule has 0 saturated heterocycles. The number of amides is 1. The van der Waals surface area contributed by atoms with Crippen LogP contribution < -0.4 is 5.32 Å². The summed E-state index contributed by atoms with van der Waals surface area (Å²) in [6, 6.07) is 26.5. The molecule has 0 aliphatic rings. The maximum Gasteiger partial charge on any atom is 0.412 e. The summed E-state index contributed by atoms with van der Waals surface area (Å²) in [5.41, 5.74) is 5.27. The minimum Gasteiger partial charge on any atom is -0.444 e. The zero-order chi connectivity index (χ0) is 24.1. The van der Waals surface area contributed by atoms with E-state index < -0.39 is 11.7 Å². The fraction of sp³-hybridized carbons (Fsp3) is 0.310. The molecule has 3 rings (SSSR count). The van der Waals surface area contributed by atoms with Crippen molar-refractivity contribution >= 4 is 17.5 Å². The van der Waals surface area contributed by atoms with Crippen molar-refractivity contribution in [1.82, 2.24) is 0 Å². The maximum atomic E-state index is 12.5. The van der Waals surface area contributed by atoms with Gasteiger partial charge in [-0.25, -0.2) is 4.79 Å². The lowest BCUT2D eigenvalue weighted by Gasteiger charge is -2.23. The van der Waals surface area contributed by atoms with E-state index in [1.54, 1.807) is 0 Å². The zero-order valence-corrected chi connectivity index (χ0v) is 20.5. The Labute approximate surface area is 197 Å². The average Bonchev–Trinajstić information content (AvgIpc) is 2.74. The maximum absolute atomic E-state index is 12.5. The van der Waals surface area contributed by atoms with Gasteiger partial charge in [-0.05, 0) is 43.4 Å². The molecule has 0 spiro atoms. The van der Waals surface area contributed by atoms with Crippen molar-refractivity contribution in [2.75, 3.05) is 5.32 Å². The fourth-order valence-electron chi connectivity index (χ4n) is 3.43. The number of carbonyl (C=O) groups excluding carboxylic acids is 1. The number of benzene rings is 3. The Kier molecular flexibility index (Phi) is 7.37. The molecule has 0 unspecified atom stereocenters. The summed E-state index contributed by atoms with van der Waals surface area (Å²) >= 11 is 0. The molecule has 0 aliphatic heterocycles. The van der Waals surface area contributed by atoms with E-state index in [-0.39, 0.29) is 5.41 Å². The van der Waals surface area contributed by atoms with Gasteiger partial charge in [0.05, 0.1) is 12.3 Å². The molecular formula is C29H34N2O2. The van der Waals surface area contributed by atoms with Crippen LogP contribution in [0.1, 0.15) is 63.8 Å². The van der Waals surface area contributed by atoms with Crippen molar-refractivity contribution in [2.24, 2.45) is 4.99 Å². The second kappa shape index (κ2) is 10.0. The lowest BCUT2D eigenvalue weighted by molar-refractivity contribution is 0.0636. The third kappa shape index (κ3) is 7.04. The van der Waals surface area contributed by atoms with E-state index in [1.807, 2.05) is 63.2 Å². The topological polar surface area (TPSA) is 50.7 Å². The number of ether oxygens (including phenoxy) is 1. The molecule has 1 N–H and O–H groups in total. The number of nitrogens with zero attached hydrogens (tertiary/aromatic N) is 1. The number of rotatable bonds is 5. The Morgan fingerprint density at radius 1 is 0.818 bits per heavy atom. The van der Waals surface area contributed by atoms with E-state index in [2.05, 4.69) is 62.5 Å². The zero-order valence-electron chi connectivity index (χ0n) is 20.5. The summed E-state index contributed by atoms with van der Waals surface area (Å²) in [7, 11) is 0. The largest absolute Gasteiger partial charge is 0.444 e. The molecule has 4 nitrogen and oxygen atoms in total. The smallest absolute Gasteiger partial charge is 0.412 e. The van der Waals surface area contributed by atoms with Crippen LogP contribution in [0.3, 0.4) is 0 Å². The summed E-state index contributed by atoms with van der Waals surface area (Å²) in [5, 5.41) is 2.92. The molecule has 3 aromatic carbocycles. The molecule has 3 aromatic rings. The van der Waals surface area contributed by atoms with Gasteiger partial charge in [0.15, 0.2) is 0 Å². The van der Waals surface area contributed by atoms with Crippen LogP contribution in [0.5, 0.6) is 0 Å². The van der Waals surface area contributed by atoms with Gasteiger partial charge in [0.1, 0.15) is 5.60 Å². The minimum absolute atomic E-state index is 0.0232. The van der Waals surface area contributed by atoms with E-state index >= 15 is 0 Å². The first kappa shape index (κ1) is 24.2. The van der Waals surface area contributed by atoms with Crippen molar-refractivity contribution < 1.29 is 9.53 Å². The van der Waals surface area contributed by atoms with Crippen molar-refractivity contribution in [3.05, 3.63) is 101 Å². The average molecular weight is 443 g/mol. The van der Waals surface area contributed by atoms with Crippen LogP contribution in [0.4, 0.5) is 10.5 Å². The van der Waals surface area contributed by atoms with Gasteiger partial charge >= 0.3 is 6.09 Å². The van der Waals surface area contributed by atoms with E-state index in [1.165, 1.54) is 5.56 Å². The molecule has 0 heterocycles. The van der Waals surface area contributed by atoms with Crippen molar-refractivity contribution in [2.45, 2.75) is 59.1 Å². The molecule has 0 aromatic heterocycles. The first-order valence-corrected chi connectivity index (χ1v) is 11.3. The Morgan fingerprint density at radius 3 is 1.85 bits per heavy atom. The van der Waals surface area contributed by atoms with Crippen LogP contribution in [0.25, 0.3) is 0 Å².